The standard InChI is InChI=1S/C30H24N4O3/c1-36-28-16-19(12-15-26(28)35)25-17-27(37-30(31)34-25)18-10-13-20(14-11-18)32-29-21-6-2-4-8-23(21)33-24-9-5-3-7-22(24)29/h2-17,30,35H,31H2,1H3,(H,32,33). The van der Waals surface area contributed by atoms with Crippen molar-refractivity contribution >= 4 is 44.7 Å². The normalized spacial score (nSPS) is 15.1. The lowest BCUT2D eigenvalue weighted by Gasteiger charge is -2.21. The van der Waals surface area contributed by atoms with E-state index in [0.29, 0.717) is 17.2 Å². The van der Waals surface area contributed by atoms with E-state index in [1.54, 1.807) is 18.2 Å². The number of phenols is 1. The molecular formula is C30H24N4O3. The Morgan fingerprint density at radius 2 is 1.51 bits per heavy atom. The molecule has 1 unspecified atom stereocenters. The zero-order valence-corrected chi connectivity index (χ0v) is 20.1. The van der Waals surface area contributed by atoms with Gasteiger partial charge in [0.05, 0.1) is 29.5 Å². The molecule has 7 heteroatoms. The van der Waals surface area contributed by atoms with Crippen LogP contribution in [-0.4, -0.2) is 29.3 Å². The molecule has 0 saturated heterocycles. The van der Waals surface area contributed by atoms with Crippen LogP contribution in [0.5, 0.6) is 11.5 Å². The number of anilines is 2. The summed E-state index contributed by atoms with van der Waals surface area (Å²) in [6.45, 7) is 0. The third-order valence-corrected chi connectivity index (χ3v) is 6.28. The molecule has 1 aliphatic rings. The van der Waals surface area contributed by atoms with Crippen LogP contribution in [-0.2, 0) is 4.74 Å². The summed E-state index contributed by atoms with van der Waals surface area (Å²) >= 11 is 0. The Hall–Kier alpha value is -4.88. The van der Waals surface area contributed by atoms with Crippen LogP contribution in [0.25, 0.3) is 27.6 Å². The molecule has 7 nitrogen and oxygen atoms in total. The first-order valence-electron chi connectivity index (χ1n) is 11.8. The molecular weight excluding hydrogens is 464 g/mol. The average molecular weight is 489 g/mol. The number of nitrogens with zero attached hydrogens (tertiary/aromatic N) is 2. The van der Waals surface area contributed by atoms with Gasteiger partial charge in [0.1, 0.15) is 5.76 Å². The maximum Gasteiger partial charge on any atom is 0.245 e. The van der Waals surface area contributed by atoms with Crippen LogP contribution >= 0.6 is 0 Å². The number of benzene rings is 4. The van der Waals surface area contributed by atoms with Crippen molar-refractivity contribution < 1.29 is 14.6 Å². The van der Waals surface area contributed by atoms with E-state index in [1.165, 1.54) is 7.11 Å². The van der Waals surface area contributed by atoms with Crippen LogP contribution in [0.15, 0.2) is 102 Å². The van der Waals surface area contributed by atoms with Crippen molar-refractivity contribution in [2.45, 2.75) is 6.35 Å². The van der Waals surface area contributed by atoms with Crippen LogP contribution < -0.4 is 15.8 Å². The molecule has 4 aromatic carbocycles. The van der Waals surface area contributed by atoms with E-state index >= 15 is 0 Å². The van der Waals surface area contributed by atoms with Gasteiger partial charge in [-0.05, 0) is 54.6 Å². The fourth-order valence-electron chi connectivity index (χ4n) is 4.47. The van der Waals surface area contributed by atoms with Gasteiger partial charge in [-0.3, -0.25) is 5.73 Å². The van der Waals surface area contributed by atoms with Crippen LogP contribution in [0, 0.1) is 0 Å². The minimum Gasteiger partial charge on any atom is -0.504 e. The Morgan fingerprint density at radius 3 is 2.19 bits per heavy atom. The number of aliphatic imine (C=N–C) groups is 1. The second-order valence-corrected chi connectivity index (χ2v) is 8.64. The highest BCUT2D eigenvalue weighted by atomic mass is 16.5. The highest BCUT2D eigenvalue weighted by molar-refractivity contribution is 6.13. The summed E-state index contributed by atoms with van der Waals surface area (Å²) in [6.07, 6.45) is 0.990. The van der Waals surface area contributed by atoms with Gasteiger partial charge in [-0.2, -0.15) is 0 Å². The van der Waals surface area contributed by atoms with Crippen molar-refractivity contribution in [3.05, 3.63) is 108 Å². The number of rotatable bonds is 5. The number of aromatic hydroxyl groups is 1. The summed E-state index contributed by atoms with van der Waals surface area (Å²) in [5.74, 6) is 1.03. The predicted molar refractivity (Wildman–Crippen MR) is 147 cm³/mol. The summed E-state index contributed by atoms with van der Waals surface area (Å²) < 4.78 is 11.1. The number of hydrogen-bond acceptors (Lipinski definition) is 7. The Bertz CT molecular complexity index is 1640. The molecule has 0 fully saturated rings. The number of methoxy groups -OCH3 is 1. The monoisotopic (exact) mass is 488 g/mol. The van der Waals surface area contributed by atoms with Crippen LogP contribution in [0.4, 0.5) is 11.4 Å². The average Bonchev–Trinajstić information content (AvgIpc) is 2.93. The lowest BCUT2D eigenvalue weighted by Crippen LogP contribution is -2.26. The fourth-order valence-corrected chi connectivity index (χ4v) is 4.47. The van der Waals surface area contributed by atoms with Gasteiger partial charge in [-0.15, -0.1) is 0 Å². The molecule has 182 valence electrons. The highest BCUT2D eigenvalue weighted by Crippen LogP contribution is 2.34. The van der Waals surface area contributed by atoms with E-state index in [4.69, 9.17) is 20.2 Å². The van der Waals surface area contributed by atoms with Crippen molar-refractivity contribution in [2.24, 2.45) is 10.7 Å². The Morgan fingerprint density at radius 1 is 0.865 bits per heavy atom. The van der Waals surface area contributed by atoms with Crippen molar-refractivity contribution in [3.8, 4) is 11.5 Å². The van der Waals surface area contributed by atoms with E-state index in [0.717, 1.165) is 44.3 Å². The lowest BCUT2D eigenvalue weighted by molar-refractivity contribution is 0.180. The Kier molecular flexibility index (Phi) is 5.67. The number of para-hydroxylation sites is 2. The van der Waals surface area contributed by atoms with E-state index in [-0.39, 0.29) is 5.75 Å². The number of ether oxygens (including phenoxy) is 2. The summed E-state index contributed by atoms with van der Waals surface area (Å²) in [5.41, 5.74) is 12.2. The van der Waals surface area contributed by atoms with Crippen LogP contribution in [0.2, 0.25) is 0 Å². The van der Waals surface area contributed by atoms with Gasteiger partial charge in [0.2, 0.25) is 6.35 Å². The molecule has 1 aliphatic heterocycles. The molecule has 2 heterocycles. The topological polar surface area (TPSA) is 102 Å². The second-order valence-electron chi connectivity index (χ2n) is 8.64. The first kappa shape index (κ1) is 22.6. The van der Waals surface area contributed by atoms with Crippen LogP contribution in [0.3, 0.4) is 0 Å². The van der Waals surface area contributed by atoms with Gasteiger partial charge in [0.15, 0.2) is 11.5 Å². The van der Waals surface area contributed by atoms with E-state index in [9.17, 15) is 5.11 Å². The first-order valence-corrected chi connectivity index (χ1v) is 11.8. The minimum absolute atomic E-state index is 0.0604. The zero-order chi connectivity index (χ0) is 25.4. The lowest BCUT2D eigenvalue weighted by atomic mass is 10.0. The number of hydrogen-bond donors (Lipinski definition) is 3. The summed E-state index contributed by atoms with van der Waals surface area (Å²) in [4.78, 5) is 9.21. The number of nitrogens with two attached hydrogens (primary N) is 1. The Balaban J connectivity index is 1.32. The van der Waals surface area contributed by atoms with Gasteiger partial charge < -0.3 is 19.9 Å². The van der Waals surface area contributed by atoms with Gasteiger partial charge in [-0.1, -0.05) is 36.4 Å². The third-order valence-electron chi connectivity index (χ3n) is 6.28. The maximum atomic E-state index is 9.92. The van der Waals surface area contributed by atoms with E-state index in [2.05, 4.69) is 22.4 Å². The predicted octanol–water partition coefficient (Wildman–Crippen LogP) is 5.95. The second kappa shape index (κ2) is 9.29. The number of phenolic OH excluding ortho intramolecular Hbond substituents is 1. The minimum atomic E-state index is -0.845. The molecule has 6 rings (SSSR count). The largest absolute Gasteiger partial charge is 0.504 e. The van der Waals surface area contributed by atoms with Crippen molar-refractivity contribution in [3.63, 3.8) is 0 Å². The summed E-state index contributed by atoms with van der Waals surface area (Å²) in [7, 11) is 1.50. The van der Waals surface area contributed by atoms with Gasteiger partial charge >= 0.3 is 0 Å². The summed E-state index contributed by atoms with van der Waals surface area (Å²) in [5, 5.41) is 15.6. The number of nitrogens with one attached hydrogen (secondary N) is 1. The molecule has 4 N–H and O–H groups in total. The fraction of sp³-hybridized carbons (Fsp3) is 0.0667. The van der Waals surface area contributed by atoms with Crippen molar-refractivity contribution in [2.75, 3.05) is 12.4 Å². The molecule has 37 heavy (non-hydrogen) atoms. The third kappa shape index (κ3) is 4.32. The van der Waals surface area contributed by atoms with E-state index in [1.807, 2.05) is 66.7 Å². The van der Waals surface area contributed by atoms with Gasteiger partial charge in [0, 0.05) is 33.7 Å². The van der Waals surface area contributed by atoms with Crippen molar-refractivity contribution in [1.29, 1.82) is 0 Å². The van der Waals surface area contributed by atoms with Gasteiger partial charge in [-0.25, -0.2) is 9.98 Å². The smallest absolute Gasteiger partial charge is 0.245 e. The molecule has 1 atom stereocenters. The molecule has 5 aromatic rings. The van der Waals surface area contributed by atoms with Gasteiger partial charge in [0.25, 0.3) is 0 Å². The number of pyridine rings is 1. The quantitative estimate of drug-likeness (QED) is 0.264. The molecule has 0 bridgehead atoms. The first-order chi connectivity index (χ1) is 18.1. The number of allylic oxidation sites excluding steroid dienone is 1. The summed E-state index contributed by atoms with van der Waals surface area (Å²) in [6, 6.07) is 29.2. The van der Waals surface area contributed by atoms with Crippen LogP contribution in [0.1, 0.15) is 11.1 Å². The number of aromatic nitrogens is 1. The zero-order valence-electron chi connectivity index (χ0n) is 20.1. The molecule has 0 aliphatic carbocycles. The molecule has 0 amide bonds. The number of fused-ring (bicyclic) bond motifs is 2. The maximum absolute atomic E-state index is 9.92. The van der Waals surface area contributed by atoms with Crippen molar-refractivity contribution in [1.82, 2.24) is 4.98 Å². The Labute approximate surface area is 213 Å². The molecule has 1 aromatic heterocycles. The highest BCUT2D eigenvalue weighted by Gasteiger charge is 2.18. The SMILES string of the molecule is COc1cc(C2=NC(N)OC(c3ccc(Nc4c5ccccc5nc5ccccc45)cc3)=C2)ccc1O. The van der Waals surface area contributed by atoms with E-state index < -0.39 is 6.35 Å². The molecule has 0 saturated carbocycles. The molecule has 0 spiro atoms. The molecule has 0 radical (unpaired) electrons.